The monoisotopic (exact) mass is 171 g/mol. The summed E-state index contributed by atoms with van der Waals surface area (Å²) in [5.41, 5.74) is 0. The first-order valence-electron chi connectivity index (χ1n) is 3.77. The van der Waals surface area contributed by atoms with Gasteiger partial charge in [-0.1, -0.05) is 0 Å². The predicted molar refractivity (Wildman–Crippen MR) is 42.0 cm³/mol. The van der Waals surface area contributed by atoms with Crippen LogP contribution in [0.4, 0.5) is 0 Å². The third kappa shape index (κ3) is 3.35. The van der Waals surface area contributed by atoms with E-state index in [9.17, 15) is 4.79 Å². The summed E-state index contributed by atoms with van der Waals surface area (Å²) in [6.07, 6.45) is -1.24. The number of nitrogens with zero attached hydrogens (tertiary/aromatic N) is 1. The van der Waals surface area contributed by atoms with Gasteiger partial charge in [0.25, 0.3) is 0 Å². The van der Waals surface area contributed by atoms with Gasteiger partial charge in [-0.25, -0.2) is 0 Å². The number of hydrogen-bond donors (Lipinski definition) is 1. The molecule has 0 aliphatic heterocycles. The summed E-state index contributed by atoms with van der Waals surface area (Å²) in [7, 11) is 0. The van der Waals surface area contributed by atoms with Gasteiger partial charge in [0.05, 0.1) is 18.3 Å². The van der Waals surface area contributed by atoms with Crippen LogP contribution in [-0.4, -0.2) is 23.3 Å². The number of ether oxygens (including phenoxy) is 1. The van der Waals surface area contributed by atoms with Crippen LogP contribution in [0.5, 0.6) is 0 Å². The SMILES string of the molecule is CC(C)OC(=O)C(C#N)C(C)O. The van der Waals surface area contributed by atoms with Crippen molar-refractivity contribution >= 4 is 5.97 Å². The van der Waals surface area contributed by atoms with Crippen molar-refractivity contribution in [3.63, 3.8) is 0 Å². The van der Waals surface area contributed by atoms with E-state index >= 15 is 0 Å². The fraction of sp³-hybridized carbons (Fsp3) is 0.750. The molecule has 68 valence electrons. The van der Waals surface area contributed by atoms with Crippen LogP contribution in [0.2, 0.25) is 0 Å². The lowest BCUT2D eigenvalue weighted by Gasteiger charge is -2.13. The Hall–Kier alpha value is -1.08. The topological polar surface area (TPSA) is 70.3 Å². The summed E-state index contributed by atoms with van der Waals surface area (Å²) < 4.78 is 4.74. The number of nitriles is 1. The van der Waals surface area contributed by atoms with Crippen LogP contribution in [0.15, 0.2) is 0 Å². The van der Waals surface area contributed by atoms with Gasteiger partial charge in [0.15, 0.2) is 5.92 Å². The van der Waals surface area contributed by atoms with Crippen LogP contribution >= 0.6 is 0 Å². The van der Waals surface area contributed by atoms with Gasteiger partial charge in [0, 0.05) is 0 Å². The van der Waals surface area contributed by atoms with Gasteiger partial charge in [0.2, 0.25) is 0 Å². The Morgan fingerprint density at radius 3 is 2.25 bits per heavy atom. The van der Waals surface area contributed by atoms with E-state index in [1.165, 1.54) is 6.92 Å². The minimum atomic E-state index is -1.08. The largest absolute Gasteiger partial charge is 0.462 e. The Morgan fingerprint density at radius 2 is 2.00 bits per heavy atom. The molecule has 0 fully saturated rings. The van der Waals surface area contributed by atoms with Crippen molar-refractivity contribution in [1.82, 2.24) is 0 Å². The van der Waals surface area contributed by atoms with E-state index in [0.29, 0.717) is 0 Å². The Labute approximate surface area is 71.8 Å². The van der Waals surface area contributed by atoms with Crippen LogP contribution in [-0.2, 0) is 9.53 Å². The van der Waals surface area contributed by atoms with Gasteiger partial charge in [-0.05, 0) is 20.8 Å². The number of hydrogen-bond acceptors (Lipinski definition) is 4. The molecule has 0 spiro atoms. The Kier molecular flexibility index (Phi) is 4.30. The molecule has 4 heteroatoms. The van der Waals surface area contributed by atoms with Crippen LogP contribution in [0.1, 0.15) is 20.8 Å². The highest BCUT2D eigenvalue weighted by molar-refractivity contribution is 5.75. The first kappa shape index (κ1) is 10.9. The van der Waals surface area contributed by atoms with Crippen LogP contribution < -0.4 is 0 Å². The van der Waals surface area contributed by atoms with Crippen LogP contribution in [0, 0.1) is 17.2 Å². The average Bonchev–Trinajstić information content (AvgIpc) is 1.85. The fourth-order valence-electron chi connectivity index (χ4n) is 0.663. The zero-order chi connectivity index (χ0) is 9.72. The summed E-state index contributed by atoms with van der Waals surface area (Å²) in [4.78, 5) is 11.0. The lowest BCUT2D eigenvalue weighted by molar-refractivity contribution is -0.153. The third-order valence-corrected chi connectivity index (χ3v) is 1.23. The van der Waals surface area contributed by atoms with E-state index in [2.05, 4.69) is 0 Å². The van der Waals surface area contributed by atoms with Gasteiger partial charge in [-0.3, -0.25) is 4.79 Å². The molecule has 4 nitrogen and oxygen atoms in total. The second-order valence-electron chi connectivity index (χ2n) is 2.83. The standard InChI is InChI=1S/C8H13NO3/c1-5(2)12-8(11)7(4-9)6(3)10/h5-7,10H,1-3H3. The molecule has 0 aliphatic carbocycles. The van der Waals surface area contributed by atoms with E-state index in [1.54, 1.807) is 19.9 Å². The predicted octanol–water partition coefficient (Wildman–Crippen LogP) is 0.459. The smallest absolute Gasteiger partial charge is 0.326 e. The van der Waals surface area contributed by atoms with Gasteiger partial charge >= 0.3 is 5.97 Å². The number of carbonyl (C=O) groups excluding carboxylic acids is 1. The molecular formula is C8H13NO3. The molecule has 2 atom stereocenters. The Bertz CT molecular complexity index is 193. The average molecular weight is 171 g/mol. The van der Waals surface area contributed by atoms with Gasteiger partial charge in [-0.15, -0.1) is 0 Å². The van der Waals surface area contributed by atoms with E-state index in [1.807, 2.05) is 0 Å². The van der Waals surface area contributed by atoms with E-state index < -0.39 is 18.0 Å². The molecule has 0 amide bonds. The summed E-state index contributed by atoms with van der Waals surface area (Å²) in [5.74, 6) is -1.74. The van der Waals surface area contributed by atoms with Crippen molar-refractivity contribution in [3.05, 3.63) is 0 Å². The normalized spacial score (nSPS) is 15.0. The molecule has 0 aliphatic rings. The fourth-order valence-corrected chi connectivity index (χ4v) is 0.663. The van der Waals surface area contributed by atoms with Crippen LogP contribution in [0.25, 0.3) is 0 Å². The minimum Gasteiger partial charge on any atom is -0.462 e. The van der Waals surface area contributed by atoms with Crippen molar-refractivity contribution in [1.29, 1.82) is 5.26 Å². The molecule has 1 N–H and O–H groups in total. The van der Waals surface area contributed by atoms with Gasteiger partial charge < -0.3 is 9.84 Å². The number of esters is 1. The summed E-state index contributed by atoms with van der Waals surface area (Å²) in [6.45, 7) is 4.76. The molecule has 12 heavy (non-hydrogen) atoms. The summed E-state index contributed by atoms with van der Waals surface area (Å²) >= 11 is 0. The van der Waals surface area contributed by atoms with Gasteiger partial charge in [0.1, 0.15) is 0 Å². The lowest BCUT2D eigenvalue weighted by atomic mass is 10.1. The summed E-state index contributed by atoms with van der Waals surface area (Å²) in [5, 5.41) is 17.4. The Morgan fingerprint density at radius 1 is 1.50 bits per heavy atom. The van der Waals surface area contributed by atoms with E-state index in [-0.39, 0.29) is 6.10 Å². The molecule has 2 unspecified atom stereocenters. The van der Waals surface area contributed by atoms with Crippen molar-refractivity contribution in [2.45, 2.75) is 33.0 Å². The zero-order valence-corrected chi connectivity index (χ0v) is 7.44. The molecule has 0 saturated heterocycles. The lowest BCUT2D eigenvalue weighted by Crippen LogP contribution is -2.28. The van der Waals surface area contributed by atoms with E-state index in [0.717, 1.165) is 0 Å². The van der Waals surface area contributed by atoms with Crippen molar-refractivity contribution < 1.29 is 14.6 Å². The highest BCUT2D eigenvalue weighted by Gasteiger charge is 2.25. The number of rotatable bonds is 3. The van der Waals surface area contributed by atoms with Crippen molar-refractivity contribution in [3.8, 4) is 6.07 Å². The number of aliphatic hydroxyl groups is 1. The first-order valence-corrected chi connectivity index (χ1v) is 3.77. The second kappa shape index (κ2) is 4.73. The quantitative estimate of drug-likeness (QED) is 0.626. The molecule has 0 aromatic heterocycles. The zero-order valence-electron chi connectivity index (χ0n) is 7.44. The van der Waals surface area contributed by atoms with Crippen LogP contribution in [0.3, 0.4) is 0 Å². The Balaban J connectivity index is 4.16. The van der Waals surface area contributed by atoms with Crippen molar-refractivity contribution in [2.24, 2.45) is 5.92 Å². The molecule has 0 saturated carbocycles. The van der Waals surface area contributed by atoms with E-state index in [4.69, 9.17) is 15.1 Å². The maximum absolute atomic E-state index is 11.0. The number of carbonyl (C=O) groups is 1. The maximum atomic E-state index is 11.0. The second-order valence-corrected chi connectivity index (χ2v) is 2.83. The molecule has 0 rings (SSSR count). The van der Waals surface area contributed by atoms with Gasteiger partial charge in [-0.2, -0.15) is 5.26 Å². The maximum Gasteiger partial charge on any atom is 0.326 e. The molecule has 0 aromatic rings. The third-order valence-electron chi connectivity index (χ3n) is 1.23. The molecule has 0 bridgehead atoms. The highest BCUT2D eigenvalue weighted by atomic mass is 16.5. The first-order chi connectivity index (χ1) is 5.49. The number of aliphatic hydroxyl groups excluding tert-OH is 1. The minimum absolute atomic E-state index is 0.257. The molecule has 0 heterocycles. The molecule has 0 aromatic carbocycles. The highest BCUT2D eigenvalue weighted by Crippen LogP contribution is 2.06. The molecular weight excluding hydrogens is 158 g/mol. The molecule has 0 radical (unpaired) electrons. The summed E-state index contributed by atoms with van der Waals surface area (Å²) in [6, 6.07) is 1.68. The van der Waals surface area contributed by atoms with Crippen molar-refractivity contribution in [2.75, 3.05) is 0 Å².